The van der Waals surface area contributed by atoms with Gasteiger partial charge in [0.15, 0.2) is 0 Å². The molecular formula is C9H14N2O4S2. The maximum atomic E-state index is 11.7. The molecule has 0 fully saturated rings. The summed E-state index contributed by atoms with van der Waals surface area (Å²) in [6.45, 7) is 0.829. The van der Waals surface area contributed by atoms with Crippen LogP contribution in [0.5, 0.6) is 0 Å². The lowest BCUT2D eigenvalue weighted by Crippen LogP contribution is -2.30. The van der Waals surface area contributed by atoms with E-state index >= 15 is 0 Å². The van der Waals surface area contributed by atoms with Crippen molar-refractivity contribution in [1.29, 1.82) is 0 Å². The predicted molar refractivity (Wildman–Crippen MR) is 64.8 cm³/mol. The van der Waals surface area contributed by atoms with Gasteiger partial charge in [0.25, 0.3) is 0 Å². The summed E-state index contributed by atoms with van der Waals surface area (Å²) in [5.74, 6) is -0.535. The van der Waals surface area contributed by atoms with Gasteiger partial charge < -0.3 is 10.1 Å². The van der Waals surface area contributed by atoms with Crippen molar-refractivity contribution in [2.75, 3.05) is 27.2 Å². The van der Waals surface area contributed by atoms with Crippen molar-refractivity contribution < 1.29 is 17.9 Å². The second kappa shape index (κ2) is 6.10. The van der Waals surface area contributed by atoms with Gasteiger partial charge in [0.2, 0.25) is 10.0 Å². The number of likely N-dealkylation sites (N-methyl/N-ethyl adjacent to an activating group) is 1. The second-order valence-corrected chi connectivity index (χ2v) is 5.82. The first-order valence-corrected chi connectivity index (χ1v) is 7.18. The van der Waals surface area contributed by atoms with Gasteiger partial charge in [-0.2, -0.15) is 0 Å². The van der Waals surface area contributed by atoms with Gasteiger partial charge in [-0.05, 0) is 13.1 Å². The van der Waals surface area contributed by atoms with Crippen LogP contribution in [-0.2, 0) is 14.8 Å². The van der Waals surface area contributed by atoms with E-state index in [0.29, 0.717) is 13.1 Å². The number of ether oxygens (including phenoxy) is 1. The molecule has 0 aliphatic heterocycles. The van der Waals surface area contributed by atoms with Gasteiger partial charge in [-0.25, -0.2) is 17.9 Å². The lowest BCUT2D eigenvalue weighted by molar-refractivity contribution is 0.0606. The van der Waals surface area contributed by atoms with Gasteiger partial charge in [-0.15, -0.1) is 11.3 Å². The fourth-order valence-electron chi connectivity index (χ4n) is 1.06. The molecule has 0 bridgehead atoms. The molecule has 0 unspecified atom stereocenters. The van der Waals surface area contributed by atoms with Crippen molar-refractivity contribution in [1.82, 2.24) is 10.0 Å². The number of methoxy groups -OCH3 is 1. The van der Waals surface area contributed by atoms with Crippen LogP contribution < -0.4 is 10.0 Å². The van der Waals surface area contributed by atoms with Crippen molar-refractivity contribution in [3.05, 3.63) is 16.3 Å². The molecule has 0 aromatic carbocycles. The first-order chi connectivity index (χ1) is 8.01. The number of carbonyl (C=O) groups is 1. The molecule has 0 saturated carbocycles. The minimum Gasteiger partial charge on any atom is -0.465 e. The molecule has 0 radical (unpaired) electrons. The van der Waals surface area contributed by atoms with Crippen LogP contribution in [0, 0.1) is 0 Å². The summed E-state index contributed by atoms with van der Waals surface area (Å²) in [6, 6.07) is 1.30. The Bertz CT molecular complexity index is 481. The highest BCUT2D eigenvalue weighted by Crippen LogP contribution is 2.19. The molecule has 6 nitrogen and oxygen atoms in total. The Balaban J connectivity index is 2.78. The number of rotatable bonds is 6. The minimum absolute atomic E-state index is 0.0824. The molecule has 96 valence electrons. The van der Waals surface area contributed by atoms with Crippen LogP contribution in [0.4, 0.5) is 0 Å². The van der Waals surface area contributed by atoms with Crippen LogP contribution in [-0.4, -0.2) is 41.6 Å². The number of carbonyl (C=O) groups excluding carboxylic acids is 1. The first-order valence-electron chi connectivity index (χ1n) is 4.82. The Kier molecular flexibility index (Phi) is 5.06. The lowest BCUT2D eigenvalue weighted by Gasteiger charge is -2.03. The second-order valence-electron chi connectivity index (χ2n) is 3.14. The molecule has 1 rings (SSSR count). The van der Waals surface area contributed by atoms with Crippen LogP contribution >= 0.6 is 11.3 Å². The van der Waals surface area contributed by atoms with Crippen LogP contribution in [0.1, 0.15) is 9.67 Å². The van der Waals surface area contributed by atoms with E-state index in [4.69, 9.17) is 0 Å². The van der Waals surface area contributed by atoms with Crippen LogP contribution in [0.2, 0.25) is 0 Å². The van der Waals surface area contributed by atoms with Crippen molar-refractivity contribution in [2.45, 2.75) is 4.90 Å². The van der Waals surface area contributed by atoms with Crippen molar-refractivity contribution in [3.8, 4) is 0 Å². The summed E-state index contributed by atoms with van der Waals surface area (Å²) in [5.41, 5.74) is 0. The Labute approximate surface area is 104 Å². The summed E-state index contributed by atoms with van der Waals surface area (Å²) in [7, 11) is -0.559. The molecule has 0 saturated heterocycles. The van der Waals surface area contributed by atoms with Crippen LogP contribution in [0.3, 0.4) is 0 Å². The third-order valence-corrected chi connectivity index (χ3v) is 4.44. The molecule has 2 N–H and O–H groups in total. The number of esters is 1. The van der Waals surface area contributed by atoms with Crippen molar-refractivity contribution in [3.63, 3.8) is 0 Å². The number of sulfonamides is 1. The third kappa shape index (κ3) is 3.77. The smallest absolute Gasteiger partial charge is 0.348 e. The molecule has 17 heavy (non-hydrogen) atoms. The minimum atomic E-state index is -3.54. The average Bonchev–Trinajstić information content (AvgIpc) is 2.78. The summed E-state index contributed by atoms with van der Waals surface area (Å²) >= 11 is 1.04. The highest BCUT2D eigenvalue weighted by molar-refractivity contribution is 7.89. The number of hydrogen-bond donors (Lipinski definition) is 2. The lowest BCUT2D eigenvalue weighted by atomic mass is 10.5. The predicted octanol–water partition coefficient (Wildman–Crippen LogP) is 0.0324. The van der Waals surface area contributed by atoms with Gasteiger partial charge in [0, 0.05) is 18.5 Å². The molecule has 0 amide bonds. The van der Waals surface area contributed by atoms with Crippen molar-refractivity contribution in [2.24, 2.45) is 0 Å². The zero-order chi connectivity index (χ0) is 12.9. The molecule has 0 spiro atoms. The van der Waals surface area contributed by atoms with E-state index in [1.54, 1.807) is 7.05 Å². The van der Waals surface area contributed by atoms with Gasteiger partial charge in [-0.1, -0.05) is 0 Å². The molecule has 1 aromatic heterocycles. The Morgan fingerprint density at radius 1 is 1.47 bits per heavy atom. The van der Waals surface area contributed by atoms with Crippen molar-refractivity contribution >= 4 is 27.3 Å². The molecule has 1 heterocycles. The fraction of sp³-hybridized carbons (Fsp3) is 0.444. The Morgan fingerprint density at radius 3 is 2.76 bits per heavy atom. The van der Waals surface area contributed by atoms with Gasteiger partial charge >= 0.3 is 5.97 Å². The summed E-state index contributed by atoms with van der Waals surface area (Å²) in [5, 5.41) is 4.24. The Morgan fingerprint density at radius 2 is 2.18 bits per heavy atom. The van der Waals surface area contributed by atoms with E-state index in [0.717, 1.165) is 11.3 Å². The molecule has 0 aliphatic rings. The monoisotopic (exact) mass is 278 g/mol. The maximum Gasteiger partial charge on any atom is 0.348 e. The normalized spacial score (nSPS) is 11.4. The largest absolute Gasteiger partial charge is 0.465 e. The molecule has 8 heteroatoms. The quantitative estimate of drug-likeness (QED) is 0.566. The van der Waals surface area contributed by atoms with E-state index in [2.05, 4.69) is 14.8 Å². The standard InChI is InChI=1S/C9H14N2O4S2/c1-10-3-4-11-17(13,14)7-5-8(16-6-7)9(12)15-2/h5-6,10-11H,3-4H2,1-2H3. The maximum absolute atomic E-state index is 11.7. The van der Waals surface area contributed by atoms with Gasteiger partial charge in [0.1, 0.15) is 4.88 Å². The highest BCUT2D eigenvalue weighted by Gasteiger charge is 2.18. The number of hydrogen-bond acceptors (Lipinski definition) is 6. The topological polar surface area (TPSA) is 84.5 Å². The van der Waals surface area contributed by atoms with Gasteiger partial charge in [0.05, 0.1) is 12.0 Å². The zero-order valence-corrected chi connectivity index (χ0v) is 11.2. The van der Waals surface area contributed by atoms with Crippen LogP contribution in [0.25, 0.3) is 0 Å². The molecule has 0 aliphatic carbocycles. The number of thiophene rings is 1. The van der Waals surface area contributed by atoms with E-state index in [1.165, 1.54) is 18.6 Å². The van der Waals surface area contributed by atoms with E-state index in [-0.39, 0.29) is 9.77 Å². The van der Waals surface area contributed by atoms with E-state index in [1.807, 2.05) is 0 Å². The fourth-order valence-corrected chi connectivity index (χ4v) is 3.28. The first kappa shape index (κ1) is 14.1. The average molecular weight is 278 g/mol. The number of nitrogens with one attached hydrogen (secondary N) is 2. The molecule has 1 aromatic rings. The third-order valence-electron chi connectivity index (χ3n) is 1.94. The van der Waals surface area contributed by atoms with Gasteiger partial charge in [-0.3, -0.25) is 0 Å². The van der Waals surface area contributed by atoms with E-state index < -0.39 is 16.0 Å². The van der Waals surface area contributed by atoms with E-state index in [9.17, 15) is 13.2 Å². The highest BCUT2D eigenvalue weighted by atomic mass is 32.2. The Hall–Kier alpha value is -0.960. The molecule has 0 atom stereocenters. The SMILES string of the molecule is CNCCNS(=O)(=O)c1csc(C(=O)OC)c1. The van der Waals surface area contributed by atoms with Crippen LogP contribution in [0.15, 0.2) is 16.3 Å². The summed E-state index contributed by atoms with van der Waals surface area (Å²) < 4.78 is 30.4. The summed E-state index contributed by atoms with van der Waals surface area (Å²) in [6.07, 6.45) is 0. The summed E-state index contributed by atoms with van der Waals surface area (Å²) in [4.78, 5) is 11.5. The molecular weight excluding hydrogens is 264 g/mol. The zero-order valence-electron chi connectivity index (χ0n) is 9.52.